The van der Waals surface area contributed by atoms with Crippen LogP contribution in [-0.4, -0.2) is 42.8 Å². The summed E-state index contributed by atoms with van der Waals surface area (Å²) >= 11 is 0. The normalized spacial score (nSPS) is 24.3. The van der Waals surface area contributed by atoms with Crippen molar-refractivity contribution in [3.63, 3.8) is 0 Å². The number of allylic oxidation sites excluding steroid dienone is 2. The Morgan fingerprint density at radius 3 is 2.26 bits per heavy atom. The standard InChI is InChI=1S/C13H25O5P/c1-3-17-19(16,18-4-2)10-11-5-6-12(8-14)13(7-11)9-15/h5,12-15H,3-4,6-10H2,1-2H3/t12-,13-/m0/s1. The van der Waals surface area contributed by atoms with Crippen molar-refractivity contribution in [3.05, 3.63) is 11.6 Å². The minimum Gasteiger partial charge on any atom is -0.396 e. The van der Waals surface area contributed by atoms with Gasteiger partial charge >= 0.3 is 7.60 Å². The molecule has 6 heteroatoms. The van der Waals surface area contributed by atoms with Crippen molar-refractivity contribution in [1.29, 1.82) is 0 Å². The summed E-state index contributed by atoms with van der Waals surface area (Å²) in [6.45, 7) is 4.40. The molecule has 2 atom stereocenters. The van der Waals surface area contributed by atoms with Crippen molar-refractivity contribution >= 4 is 7.60 Å². The maximum atomic E-state index is 12.4. The van der Waals surface area contributed by atoms with Gasteiger partial charge in [0.1, 0.15) is 0 Å². The van der Waals surface area contributed by atoms with E-state index < -0.39 is 7.60 Å². The van der Waals surface area contributed by atoms with Crippen molar-refractivity contribution < 1.29 is 23.8 Å². The van der Waals surface area contributed by atoms with Gasteiger partial charge < -0.3 is 19.3 Å². The summed E-state index contributed by atoms with van der Waals surface area (Å²) in [7, 11) is -3.07. The molecule has 1 rings (SSSR count). The summed E-state index contributed by atoms with van der Waals surface area (Å²) in [5.41, 5.74) is 0.994. The molecule has 1 aliphatic rings. The van der Waals surface area contributed by atoms with Crippen LogP contribution < -0.4 is 0 Å². The Hall–Kier alpha value is -0.190. The molecule has 1 aliphatic carbocycles. The summed E-state index contributed by atoms with van der Waals surface area (Å²) in [5.74, 6) is 0.119. The number of aliphatic hydroxyl groups excluding tert-OH is 2. The first-order valence-electron chi connectivity index (χ1n) is 6.86. The van der Waals surface area contributed by atoms with Gasteiger partial charge in [-0.05, 0) is 38.5 Å². The molecule has 0 saturated heterocycles. The molecule has 19 heavy (non-hydrogen) atoms. The lowest BCUT2D eigenvalue weighted by atomic mass is 9.81. The fourth-order valence-corrected chi connectivity index (χ4v) is 4.23. The topological polar surface area (TPSA) is 76.0 Å². The highest BCUT2D eigenvalue weighted by Gasteiger charge is 2.30. The second-order valence-electron chi connectivity index (χ2n) is 4.79. The first kappa shape index (κ1) is 16.9. The smallest absolute Gasteiger partial charge is 0.334 e. The molecule has 112 valence electrons. The quantitative estimate of drug-likeness (QED) is 0.530. The zero-order chi connectivity index (χ0) is 14.3. The molecule has 0 unspecified atom stereocenters. The maximum absolute atomic E-state index is 12.4. The predicted molar refractivity (Wildman–Crippen MR) is 74.2 cm³/mol. The van der Waals surface area contributed by atoms with Crippen LogP contribution in [0.4, 0.5) is 0 Å². The molecule has 0 saturated carbocycles. The van der Waals surface area contributed by atoms with Gasteiger partial charge in [0.25, 0.3) is 0 Å². The third-order valence-corrected chi connectivity index (χ3v) is 5.51. The van der Waals surface area contributed by atoms with Gasteiger partial charge in [0.15, 0.2) is 0 Å². The molecule has 0 fully saturated rings. The highest BCUT2D eigenvalue weighted by atomic mass is 31.2. The highest BCUT2D eigenvalue weighted by molar-refractivity contribution is 7.54. The van der Waals surface area contributed by atoms with Gasteiger partial charge in [0.05, 0.1) is 19.4 Å². The lowest BCUT2D eigenvalue weighted by Crippen LogP contribution is -2.26. The second-order valence-corrected chi connectivity index (χ2v) is 6.85. The highest BCUT2D eigenvalue weighted by Crippen LogP contribution is 2.51. The van der Waals surface area contributed by atoms with E-state index in [2.05, 4.69) is 0 Å². The van der Waals surface area contributed by atoms with Crippen LogP contribution in [0.5, 0.6) is 0 Å². The molecular formula is C13H25O5P. The van der Waals surface area contributed by atoms with E-state index in [4.69, 9.17) is 9.05 Å². The van der Waals surface area contributed by atoms with Gasteiger partial charge in [-0.15, -0.1) is 0 Å². The molecule has 0 aromatic carbocycles. The van der Waals surface area contributed by atoms with Crippen LogP contribution >= 0.6 is 7.60 Å². The van der Waals surface area contributed by atoms with Gasteiger partial charge in [0, 0.05) is 13.2 Å². The van der Waals surface area contributed by atoms with Crippen molar-refractivity contribution in [2.45, 2.75) is 26.7 Å². The van der Waals surface area contributed by atoms with E-state index in [1.165, 1.54) is 0 Å². The van der Waals surface area contributed by atoms with Crippen LogP contribution in [0.15, 0.2) is 11.6 Å². The van der Waals surface area contributed by atoms with E-state index in [1.54, 1.807) is 13.8 Å². The van der Waals surface area contributed by atoms with Crippen LogP contribution in [0.3, 0.4) is 0 Å². The van der Waals surface area contributed by atoms with E-state index in [0.29, 0.717) is 26.1 Å². The Labute approximate surface area is 115 Å². The SMILES string of the molecule is CCOP(=O)(CC1=CC[C@@H](CO)[C@H](CO)C1)OCC. The summed E-state index contributed by atoms with van der Waals surface area (Å²) in [6, 6.07) is 0. The van der Waals surface area contributed by atoms with E-state index in [9.17, 15) is 14.8 Å². The first-order chi connectivity index (χ1) is 9.08. The second kappa shape index (κ2) is 8.18. The zero-order valence-electron chi connectivity index (χ0n) is 11.7. The zero-order valence-corrected chi connectivity index (χ0v) is 12.6. The van der Waals surface area contributed by atoms with Crippen molar-refractivity contribution in [3.8, 4) is 0 Å². The van der Waals surface area contributed by atoms with Crippen molar-refractivity contribution in [2.24, 2.45) is 11.8 Å². The monoisotopic (exact) mass is 292 g/mol. The molecule has 0 aromatic heterocycles. The van der Waals surface area contributed by atoms with Crippen LogP contribution in [-0.2, 0) is 13.6 Å². The lowest BCUT2D eigenvalue weighted by Gasteiger charge is -2.30. The fourth-order valence-electron chi connectivity index (χ4n) is 2.43. The van der Waals surface area contributed by atoms with Crippen LogP contribution in [0.1, 0.15) is 26.7 Å². The van der Waals surface area contributed by atoms with E-state index >= 15 is 0 Å². The van der Waals surface area contributed by atoms with Gasteiger partial charge in [-0.3, -0.25) is 4.57 Å². The van der Waals surface area contributed by atoms with Gasteiger partial charge in [0.2, 0.25) is 0 Å². The third-order valence-electron chi connectivity index (χ3n) is 3.42. The van der Waals surface area contributed by atoms with Gasteiger partial charge in [-0.2, -0.15) is 0 Å². The number of hydrogen-bond acceptors (Lipinski definition) is 5. The van der Waals surface area contributed by atoms with Crippen LogP contribution in [0.2, 0.25) is 0 Å². The van der Waals surface area contributed by atoms with Crippen LogP contribution in [0.25, 0.3) is 0 Å². The van der Waals surface area contributed by atoms with E-state index in [-0.39, 0.29) is 31.2 Å². The molecular weight excluding hydrogens is 267 g/mol. The molecule has 0 aromatic rings. The van der Waals surface area contributed by atoms with Crippen molar-refractivity contribution in [2.75, 3.05) is 32.6 Å². The first-order valence-corrected chi connectivity index (χ1v) is 8.59. The van der Waals surface area contributed by atoms with E-state index in [1.807, 2.05) is 6.08 Å². The average molecular weight is 292 g/mol. The number of aliphatic hydroxyl groups is 2. The number of hydrogen-bond donors (Lipinski definition) is 2. The molecule has 0 spiro atoms. The Morgan fingerprint density at radius 2 is 1.79 bits per heavy atom. The molecule has 0 bridgehead atoms. The molecule has 0 heterocycles. The predicted octanol–water partition coefficient (Wildman–Crippen LogP) is 2.19. The average Bonchev–Trinajstić information content (AvgIpc) is 2.38. The van der Waals surface area contributed by atoms with Crippen LogP contribution in [0, 0.1) is 11.8 Å². The summed E-state index contributed by atoms with van der Waals surface area (Å²) < 4.78 is 23.0. The Bertz CT molecular complexity index is 332. The summed E-state index contributed by atoms with van der Waals surface area (Å²) in [5, 5.41) is 18.6. The Morgan fingerprint density at radius 1 is 1.21 bits per heavy atom. The summed E-state index contributed by atoms with van der Waals surface area (Å²) in [4.78, 5) is 0. The van der Waals surface area contributed by atoms with Gasteiger partial charge in [-0.1, -0.05) is 11.6 Å². The minimum absolute atomic E-state index is 0.0294. The Balaban J connectivity index is 2.70. The largest absolute Gasteiger partial charge is 0.396 e. The third kappa shape index (κ3) is 5.01. The maximum Gasteiger partial charge on any atom is 0.334 e. The Kier molecular flexibility index (Phi) is 7.26. The van der Waals surface area contributed by atoms with E-state index in [0.717, 1.165) is 5.57 Å². The minimum atomic E-state index is -3.07. The molecule has 0 aliphatic heterocycles. The van der Waals surface area contributed by atoms with Crippen molar-refractivity contribution in [1.82, 2.24) is 0 Å². The lowest BCUT2D eigenvalue weighted by molar-refractivity contribution is 0.115. The molecule has 0 amide bonds. The molecule has 5 nitrogen and oxygen atoms in total. The molecule has 2 N–H and O–H groups in total. The fraction of sp³-hybridized carbons (Fsp3) is 0.846. The molecule has 0 radical (unpaired) electrons. The summed E-state index contributed by atoms with van der Waals surface area (Å²) in [6.07, 6.45) is 3.63. The number of rotatable bonds is 8. The van der Waals surface area contributed by atoms with Gasteiger partial charge in [-0.25, -0.2) is 0 Å².